The van der Waals surface area contributed by atoms with E-state index in [1.807, 2.05) is 37.3 Å². The molecule has 1 aromatic carbocycles. The van der Waals surface area contributed by atoms with Gasteiger partial charge < -0.3 is 19.5 Å². The van der Waals surface area contributed by atoms with Crippen LogP contribution in [0.5, 0.6) is 5.75 Å². The molecule has 0 saturated carbocycles. The smallest absolute Gasteiger partial charge is 0.259 e. The van der Waals surface area contributed by atoms with Crippen molar-refractivity contribution in [2.75, 3.05) is 14.2 Å². The molecule has 1 amide bonds. The molecule has 2 fully saturated rings. The number of benzene rings is 1. The Labute approximate surface area is 175 Å². The maximum atomic E-state index is 13.4. The third-order valence-corrected chi connectivity index (χ3v) is 6.60. The highest BCUT2D eigenvalue weighted by Gasteiger charge is 2.39. The average Bonchev–Trinajstić information content (AvgIpc) is 3.24. The highest BCUT2D eigenvalue weighted by Crippen LogP contribution is 2.35. The summed E-state index contributed by atoms with van der Waals surface area (Å²) in [7, 11) is 3.83. The summed E-state index contributed by atoms with van der Waals surface area (Å²) in [5.74, 6) is 0.628. The molecular formula is C23H26N4O3. The number of ether oxygens (including phenoxy) is 1. The summed E-state index contributed by atoms with van der Waals surface area (Å²) >= 11 is 0. The van der Waals surface area contributed by atoms with Crippen molar-refractivity contribution in [2.24, 2.45) is 0 Å². The van der Waals surface area contributed by atoms with Crippen LogP contribution in [0.4, 0.5) is 0 Å². The number of aryl methyl sites for hydroxylation is 1. The van der Waals surface area contributed by atoms with E-state index >= 15 is 0 Å². The van der Waals surface area contributed by atoms with Gasteiger partial charge >= 0.3 is 0 Å². The second-order valence-corrected chi connectivity index (χ2v) is 8.45. The van der Waals surface area contributed by atoms with Crippen molar-refractivity contribution in [1.82, 2.24) is 20.4 Å². The Hall–Kier alpha value is -2.93. The topological polar surface area (TPSA) is 80.5 Å². The molecule has 30 heavy (non-hydrogen) atoms. The van der Waals surface area contributed by atoms with Crippen LogP contribution in [0.3, 0.4) is 0 Å². The minimum atomic E-state index is -0.0909. The Balaban J connectivity index is 1.50. The van der Waals surface area contributed by atoms with Gasteiger partial charge in [0.05, 0.1) is 18.1 Å². The molecule has 7 nitrogen and oxygen atoms in total. The lowest BCUT2D eigenvalue weighted by atomic mass is 9.97. The number of carbonyl (C=O) groups is 1. The van der Waals surface area contributed by atoms with Crippen molar-refractivity contribution in [3.63, 3.8) is 0 Å². The van der Waals surface area contributed by atoms with Gasteiger partial charge in [-0.25, -0.2) is 4.98 Å². The van der Waals surface area contributed by atoms with E-state index in [0.29, 0.717) is 34.4 Å². The summed E-state index contributed by atoms with van der Waals surface area (Å²) < 4.78 is 10.8. The maximum absolute atomic E-state index is 13.4. The Bertz CT molecular complexity index is 1100. The molecule has 2 aliphatic rings. The van der Waals surface area contributed by atoms with Crippen molar-refractivity contribution in [3.05, 3.63) is 41.6 Å². The van der Waals surface area contributed by atoms with Crippen molar-refractivity contribution >= 4 is 17.0 Å². The second kappa shape index (κ2) is 7.40. The fraction of sp³-hybridized carbons (Fsp3) is 0.435. The molecule has 0 aliphatic carbocycles. The molecule has 0 radical (unpaired) electrons. The quantitative estimate of drug-likeness (QED) is 0.714. The monoisotopic (exact) mass is 406 g/mol. The third kappa shape index (κ3) is 3.23. The van der Waals surface area contributed by atoms with Crippen LogP contribution in [-0.4, -0.2) is 53.2 Å². The number of amides is 1. The first-order valence-electron chi connectivity index (χ1n) is 10.5. The van der Waals surface area contributed by atoms with Crippen LogP contribution in [0.15, 0.2) is 34.9 Å². The lowest BCUT2D eigenvalue weighted by Crippen LogP contribution is -2.48. The molecule has 2 atom stereocenters. The number of pyridine rings is 1. The highest BCUT2D eigenvalue weighted by atomic mass is 16.5. The number of hydrogen-bond acceptors (Lipinski definition) is 6. The third-order valence-electron chi connectivity index (χ3n) is 6.60. The Morgan fingerprint density at radius 1 is 1.23 bits per heavy atom. The molecule has 2 bridgehead atoms. The number of fused-ring (bicyclic) bond motifs is 3. The van der Waals surface area contributed by atoms with Gasteiger partial charge in [0.15, 0.2) is 0 Å². The van der Waals surface area contributed by atoms with E-state index in [2.05, 4.69) is 27.4 Å². The number of rotatable bonds is 4. The molecule has 5 rings (SSSR count). The number of carbonyl (C=O) groups excluding carboxylic acids is 1. The van der Waals surface area contributed by atoms with Crippen LogP contribution in [0.1, 0.15) is 41.7 Å². The first-order chi connectivity index (χ1) is 14.5. The maximum Gasteiger partial charge on any atom is 0.259 e. The fourth-order valence-corrected chi connectivity index (χ4v) is 5.01. The predicted molar refractivity (Wildman–Crippen MR) is 114 cm³/mol. The van der Waals surface area contributed by atoms with E-state index in [0.717, 1.165) is 29.8 Å². The Morgan fingerprint density at radius 2 is 2.00 bits per heavy atom. The second-order valence-electron chi connectivity index (χ2n) is 8.45. The van der Waals surface area contributed by atoms with Crippen LogP contribution >= 0.6 is 0 Å². The minimum Gasteiger partial charge on any atom is -0.497 e. The Morgan fingerprint density at radius 3 is 2.73 bits per heavy atom. The van der Waals surface area contributed by atoms with Crippen LogP contribution in [-0.2, 0) is 0 Å². The molecule has 1 N–H and O–H groups in total. The molecule has 156 valence electrons. The van der Waals surface area contributed by atoms with Gasteiger partial charge in [0.2, 0.25) is 0 Å². The zero-order chi connectivity index (χ0) is 20.8. The molecule has 0 spiro atoms. The molecule has 2 aromatic heterocycles. The summed E-state index contributed by atoms with van der Waals surface area (Å²) in [5, 5.41) is 8.16. The van der Waals surface area contributed by atoms with E-state index in [4.69, 9.17) is 9.26 Å². The lowest BCUT2D eigenvalue weighted by molar-refractivity contribution is 0.0884. The molecule has 2 aliphatic heterocycles. The van der Waals surface area contributed by atoms with Crippen molar-refractivity contribution in [2.45, 2.75) is 50.7 Å². The average molecular weight is 406 g/mol. The largest absolute Gasteiger partial charge is 0.497 e. The van der Waals surface area contributed by atoms with Crippen LogP contribution in [0, 0.1) is 6.92 Å². The van der Waals surface area contributed by atoms with Crippen molar-refractivity contribution in [1.29, 1.82) is 0 Å². The number of nitrogens with one attached hydrogen (secondary N) is 1. The van der Waals surface area contributed by atoms with Crippen LogP contribution in [0.2, 0.25) is 0 Å². The van der Waals surface area contributed by atoms with Gasteiger partial charge in [-0.1, -0.05) is 17.3 Å². The van der Waals surface area contributed by atoms with Gasteiger partial charge in [-0.3, -0.25) is 4.79 Å². The number of nitrogens with zero attached hydrogens (tertiary/aromatic N) is 3. The summed E-state index contributed by atoms with van der Waals surface area (Å²) in [4.78, 5) is 20.3. The number of hydrogen-bond donors (Lipinski definition) is 1. The molecule has 4 heterocycles. The number of piperidine rings is 1. The fourth-order valence-electron chi connectivity index (χ4n) is 5.01. The van der Waals surface area contributed by atoms with Gasteiger partial charge in [-0.2, -0.15) is 0 Å². The number of methoxy groups -OCH3 is 1. The summed E-state index contributed by atoms with van der Waals surface area (Å²) in [5.41, 5.74) is 3.09. The molecular weight excluding hydrogens is 380 g/mol. The molecule has 2 saturated heterocycles. The predicted octanol–water partition coefficient (Wildman–Crippen LogP) is 3.56. The van der Waals surface area contributed by atoms with E-state index in [1.54, 1.807) is 7.11 Å². The zero-order valence-electron chi connectivity index (χ0n) is 17.5. The zero-order valence-corrected chi connectivity index (χ0v) is 17.5. The van der Waals surface area contributed by atoms with Crippen LogP contribution in [0.25, 0.3) is 22.4 Å². The van der Waals surface area contributed by atoms with Gasteiger partial charge in [0.1, 0.15) is 11.4 Å². The van der Waals surface area contributed by atoms with Gasteiger partial charge in [0, 0.05) is 29.4 Å². The standard InChI is InChI=1S/C23H26N4O3/c1-13-9-19(22(28)25-15-11-16-7-8-17(12-15)27(16)2)20-21(26-30-23(20)24-13)14-5-4-6-18(10-14)29-3/h4-6,9-10,15-17H,7-8,11-12H2,1-3H3,(H,25,28). The Kier molecular flexibility index (Phi) is 4.70. The normalized spacial score (nSPS) is 23.6. The van der Waals surface area contributed by atoms with Crippen LogP contribution < -0.4 is 10.1 Å². The number of aromatic nitrogens is 2. The lowest BCUT2D eigenvalue weighted by Gasteiger charge is -2.36. The SMILES string of the molecule is COc1cccc(-c2noc3nc(C)cc(C(=O)NC4CC5CCC(C4)N5C)c23)c1. The van der Waals surface area contributed by atoms with Crippen molar-refractivity contribution in [3.8, 4) is 17.0 Å². The van der Waals surface area contributed by atoms with Gasteiger partial charge in [0.25, 0.3) is 11.6 Å². The van der Waals surface area contributed by atoms with E-state index in [-0.39, 0.29) is 11.9 Å². The first kappa shape index (κ1) is 19.1. The molecule has 7 heteroatoms. The minimum absolute atomic E-state index is 0.0909. The summed E-state index contributed by atoms with van der Waals surface area (Å²) in [6, 6.07) is 10.7. The molecule has 2 unspecified atom stereocenters. The summed E-state index contributed by atoms with van der Waals surface area (Å²) in [6.07, 6.45) is 4.44. The van der Waals surface area contributed by atoms with Gasteiger partial charge in [-0.15, -0.1) is 0 Å². The first-order valence-corrected chi connectivity index (χ1v) is 10.5. The van der Waals surface area contributed by atoms with E-state index in [9.17, 15) is 4.79 Å². The molecule has 3 aromatic rings. The van der Waals surface area contributed by atoms with Crippen molar-refractivity contribution < 1.29 is 14.1 Å². The van der Waals surface area contributed by atoms with Gasteiger partial charge in [-0.05, 0) is 57.9 Å². The van der Waals surface area contributed by atoms with E-state index in [1.165, 1.54) is 12.8 Å². The van der Waals surface area contributed by atoms with E-state index < -0.39 is 0 Å². The summed E-state index contributed by atoms with van der Waals surface area (Å²) in [6.45, 7) is 1.86. The highest BCUT2D eigenvalue weighted by molar-refractivity contribution is 6.09.